The summed E-state index contributed by atoms with van der Waals surface area (Å²) in [5.74, 6) is 0. The normalized spacial score (nSPS) is 10.8. The minimum absolute atomic E-state index is 0.838. The van der Waals surface area contributed by atoms with Crippen LogP contribution in [0.3, 0.4) is 0 Å². The van der Waals surface area contributed by atoms with Gasteiger partial charge in [0.05, 0.1) is 5.52 Å². The first kappa shape index (κ1) is 12.6. The Morgan fingerprint density at radius 1 is 1.26 bits per heavy atom. The lowest BCUT2D eigenvalue weighted by Crippen LogP contribution is -1.98. The molecule has 4 heteroatoms. The van der Waals surface area contributed by atoms with Crippen molar-refractivity contribution in [1.82, 2.24) is 4.98 Å². The van der Waals surface area contributed by atoms with Crippen molar-refractivity contribution in [3.8, 4) is 0 Å². The molecule has 1 aromatic carbocycles. The molecule has 0 saturated heterocycles. The average molecular weight is 333 g/mol. The fraction of sp³-hybridized carbons (Fsp3) is 0.133. The van der Waals surface area contributed by atoms with Gasteiger partial charge in [-0.05, 0) is 53.2 Å². The Bertz CT molecular complexity index is 696. The molecule has 0 radical (unpaired) electrons. The molecule has 3 aromatic rings. The summed E-state index contributed by atoms with van der Waals surface area (Å²) in [5, 5.41) is 4.66. The van der Waals surface area contributed by atoms with Crippen LogP contribution in [0.4, 0.5) is 5.69 Å². The van der Waals surface area contributed by atoms with Crippen LogP contribution in [-0.4, -0.2) is 4.98 Å². The third-order valence-electron chi connectivity index (χ3n) is 3.01. The van der Waals surface area contributed by atoms with Crippen molar-refractivity contribution in [3.63, 3.8) is 0 Å². The number of nitrogens with one attached hydrogen (secondary N) is 1. The van der Waals surface area contributed by atoms with E-state index in [0.29, 0.717) is 0 Å². The number of hydrogen-bond donors (Lipinski definition) is 1. The smallest absolute Gasteiger partial charge is 0.0722 e. The Labute approximate surface area is 124 Å². The minimum atomic E-state index is 0.838. The molecular weight excluding hydrogens is 320 g/mol. The molecule has 19 heavy (non-hydrogen) atoms. The zero-order chi connectivity index (χ0) is 13.2. The fourth-order valence-corrected chi connectivity index (χ4v) is 3.59. The van der Waals surface area contributed by atoms with Gasteiger partial charge in [-0.3, -0.25) is 4.98 Å². The van der Waals surface area contributed by atoms with Gasteiger partial charge in [-0.15, -0.1) is 11.3 Å². The van der Waals surface area contributed by atoms with Gasteiger partial charge in [0.15, 0.2) is 0 Å². The number of thiophene rings is 1. The highest BCUT2D eigenvalue weighted by molar-refractivity contribution is 9.10. The van der Waals surface area contributed by atoms with Crippen LogP contribution in [0.15, 0.2) is 47.1 Å². The quantitative estimate of drug-likeness (QED) is 0.731. The van der Waals surface area contributed by atoms with Crippen molar-refractivity contribution >= 4 is 43.9 Å². The Kier molecular flexibility index (Phi) is 3.53. The maximum atomic E-state index is 4.37. The second-order valence-electron chi connectivity index (χ2n) is 4.35. The molecule has 0 aliphatic heterocycles. The Balaban J connectivity index is 1.85. The number of aryl methyl sites for hydroxylation is 1. The summed E-state index contributed by atoms with van der Waals surface area (Å²) in [5.41, 5.74) is 2.16. The molecule has 0 atom stereocenters. The number of hydrogen-bond acceptors (Lipinski definition) is 3. The van der Waals surface area contributed by atoms with Crippen molar-refractivity contribution in [3.05, 3.63) is 56.8 Å². The van der Waals surface area contributed by atoms with Gasteiger partial charge in [0.2, 0.25) is 0 Å². The number of nitrogens with zero attached hydrogens (tertiary/aromatic N) is 1. The summed E-state index contributed by atoms with van der Waals surface area (Å²) in [6.07, 6.45) is 1.83. The van der Waals surface area contributed by atoms with Gasteiger partial charge in [-0.2, -0.15) is 0 Å². The molecule has 0 aliphatic carbocycles. The van der Waals surface area contributed by atoms with E-state index in [1.807, 2.05) is 35.7 Å². The maximum Gasteiger partial charge on any atom is 0.0722 e. The second kappa shape index (κ2) is 5.31. The first-order valence-corrected chi connectivity index (χ1v) is 7.67. The number of fused-ring (bicyclic) bond motifs is 1. The molecule has 96 valence electrons. The van der Waals surface area contributed by atoms with E-state index < -0.39 is 0 Å². The minimum Gasteiger partial charge on any atom is -0.380 e. The highest BCUT2D eigenvalue weighted by Crippen LogP contribution is 2.28. The molecule has 1 N–H and O–H groups in total. The van der Waals surface area contributed by atoms with Gasteiger partial charge in [-0.1, -0.05) is 6.07 Å². The summed E-state index contributed by atoms with van der Waals surface area (Å²) in [7, 11) is 0. The standard InChI is InChI=1S/C15H13BrN2S/c1-10-13(16)8-11(19-10)9-18-15-6-2-5-14-12(15)4-3-7-17-14/h2-8,18H,9H2,1H3. The fourth-order valence-electron chi connectivity index (χ4n) is 2.04. The van der Waals surface area contributed by atoms with Crippen LogP contribution >= 0.6 is 27.3 Å². The van der Waals surface area contributed by atoms with E-state index in [-0.39, 0.29) is 0 Å². The van der Waals surface area contributed by atoms with Crippen LogP contribution in [0.5, 0.6) is 0 Å². The number of aromatic nitrogens is 1. The molecule has 0 aliphatic rings. The van der Waals surface area contributed by atoms with Crippen LogP contribution in [-0.2, 0) is 6.54 Å². The van der Waals surface area contributed by atoms with Gasteiger partial charge in [0.1, 0.15) is 0 Å². The van der Waals surface area contributed by atoms with Crippen LogP contribution < -0.4 is 5.32 Å². The summed E-state index contributed by atoms with van der Waals surface area (Å²) >= 11 is 5.37. The van der Waals surface area contributed by atoms with Gasteiger partial charge in [-0.25, -0.2) is 0 Å². The van der Waals surface area contributed by atoms with Gasteiger partial charge in [0.25, 0.3) is 0 Å². The van der Waals surface area contributed by atoms with Crippen LogP contribution in [0.2, 0.25) is 0 Å². The van der Waals surface area contributed by atoms with E-state index >= 15 is 0 Å². The van der Waals surface area contributed by atoms with E-state index in [0.717, 1.165) is 23.1 Å². The summed E-state index contributed by atoms with van der Waals surface area (Å²) < 4.78 is 1.19. The zero-order valence-electron chi connectivity index (χ0n) is 10.5. The van der Waals surface area contributed by atoms with Gasteiger partial charge in [0, 0.05) is 38.0 Å². The first-order chi connectivity index (χ1) is 9.24. The number of halogens is 1. The number of rotatable bonds is 3. The van der Waals surface area contributed by atoms with E-state index in [2.05, 4.69) is 51.4 Å². The van der Waals surface area contributed by atoms with Crippen LogP contribution in [0.25, 0.3) is 10.9 Å². The Morgan fingerprint density at radius 3 is 2.95 bits per heavy atom. The third kappa shape index (κ3) is 2.65. The van der Waals surface area contributed by atoms with Crippen molar-refractivity contribution < 1.29 is 0 Å². The van der Waals surface area contributed by atoms with E-state index in [4.69, 9.17) is 0 Å². The molecule has 0 unspecified atom stereocenters. The zero-order valence-corrected chi connectivity index (χ0v) is 12.9. The molecule has 0 spiro atoms. The number of anilines is 1. The average Bonchev–Trinajstić information content (AvgIpc) is 2.75. The second-order valence-corrected chi connectivity index (χ2v) is 6.54. The highest BCUT2D eigenvalue weighted by Gasteiger charge is 2.04. The number of benzene rings is 1. The lowest BCUT2D eigenvalue weighted by Gasteiger charge is -2.08. The number of pyridine rings is 1. The molecule has 2 aromatic heterocycles. The van der Waals surface area contributed by atoms with Crippen molar-refractivity contribution in [1.29, 1.82) is 0 Å². The Hall–Kier alpha value is -1.39. The molecule has 0 saturated carbocycles. The lowest BCUT2D eigenvalue weighted by atomic mass is 10.2. The van der Waals surface area contributed by atoms with Gasteiger partial charge < -0.3 is 5.32 Å². The largest absolute Gasteiger partial charge is 0.380 e. The monoisotopic (exact) mass is 332 g/mol. The van der Waals surface area contributed by atoms with Crippen molar-refractivity contribution in [2.45, 2.75) is 13.5 Å². The van der Waals surface area contributed by atoms with E-state index in [1.54, 1.807) is 0 Å². The summed E-state index contributed by atoms with van der Waals surface area (Å²) in [4.78, 5) is 7.01. The molecule has 2 nitrogen and oxygen atoms in total. The SMILES string of the molecule is Cc1sc(CNc2cccc3ncccc23)cc1Br. The van der Waals surface area contributed by atoms with Crippen molar-refractivity contribution in [2.75, 3.05) is 5.32 Å². The van der Waals surface area contributed by atoms with Crippen molar-refractivity contribution in [2.24, 2.45) is 0 Å². The molecule has 3 rings (SSSR count). The lowest BCUT2D eigenvalue weighted by molar-refractivity contribution is 1.20. The molecular formula is C15H13BrN2S. The van der Waals surface area contributed by atoms with Crippen LogP contribution in [0.1, 0.15) is 9.75 Å². The highest BCUT2D eigenvalue weighted by atomic mass is 79.9. The predicted molar refractivity (Wildman–Crippen MR) is 85.8 cm³/mol. The Morgan fingerprint density at radius 2 is 2.16 bits per heavy atom. The van der Waals surface area contributed by atoms with Gasteiger partial charge >= 0.3 is 0 Å². The molecule has 0 fully saturated rings. The molecule has 2 heterocycles. The maximum absolute atomic E-state index is 4.37. The van der Waals surface area contributed by atoms with E-state index in [9.17, 15) is 0 Å². The third-order valence-corrected chi connectivity index (χ3v) is 5.14. The van der Waals surface area contributed by atoms with E-state index in [1.165, 1.54) is 14.2 Å². The topological polar surface area (TPSA) is 24.9 Å². The molecule has 0 bridgehead atoms. The predicted octanol–water partition coefficient (Wildman–Crippen LogP) is 4.98. The summed E-state index contributed by atoms with van der Waals surface area (Å²) in [6, 6.07) is 12.4. The first-order valence-electron chi connectivity index (χ1n) is 6.06. The molecule has 0 amide bonds. The summed E-state index contributed by atoms with van der Waals surface area (Å²) in [6.45, 7) is 2.96. The van der Waals surface area contributed by atoms with Crippen LogP contribution in [0, 0.1) is 6.92 Å².